The Bertz CT molecular complexity index is 599. The molecule has 0 spiro atoms. The monoisotopic (exact) mass is 288 g/mol. The van der Waals surface area contributed by atoms with Crippen LogP contribution in [0.1, 0.15) is 18.4 Å². The van der Waals surface area contributed by atoms with Gasteiger partial charge in [-0.05, 0) is 55.3 Å². The predicted octanol–water partition coefficient (Wildman–Crippen LogP) is 3.33. The maximum absolute atomic E-state index is 12.7. The molecule has 0 aliphatic carbocycles. The minimum Gasteiger partial charge on any atom is -0.494 e. The first-order chi connectivity index (χ1) is 10.1. The number of amides is 1. The van der Waals surface area contributed by atoms with Crippen LogP contribution in [0.25, 0.3) is 0 Å². The summed E-state index contributed by atoms with van der Waals surface area (Å²) in [6.45, 7) is 2.34. The largest absolute Gasteiger partial charge is 0.494 e. The van der Waals surface area contributed by atoms with Crippen molar-refractivity contribution < 1.29 is 13.9 Å². The number of carbonyl (C=O) groups excluding carboxylic acids is 1. The van der Waals surface area contributed by atoms with Crippen LogP contribution in [0, 0.1) is 12.7 Å². The van der Waals surface area contributed by atoms with E-state index in [0.29, 0.717) is 31.0 Å². The average molecular weight is 288 g/mol. The first-order valence-electron chi connectivity index (χ1n) is 6.74. The third-order valence-corrected chi connectivity index (χ3v) is 2.81. The molecule has 0 radical (unpaired) electrons. The number of carbonyl (C=O) groups is 1. The molecular formula is C16H17FN2O2. The SMILES string of the molecule is Cc1ccnc(NC(=O)CCCOc2ccc(F)cc2)c1. The molecule has 1 amide bonds. The van der Waals surface area contributed by atoms with E-state index in [4.69, 9.17) is 4.74 Å². The molecule has 5 heteroatoms. The van der Waals surface area contributed by atoms with Gasteiger partial charge in [0.1, 0.15) is 17.4 Å². The van der Waals surface area contributed by atoms with E-state index >= 15 is 0 Å². The van der Waals surface area contributed by atoms with Gasteiger partial charge in [-0.3, -0.25) is 4.79 Å². The molecule has 1 heterocycles. The summed E-state index contributed by atoms with van der Waals surface area (Å²) in [5, 5.41) is 2.73. The maximum atomic E-state index is 12.7. The van der Waals surface area contributed by atoms with Crippen molar-refractivity contribution in [2.75, 3.05) is 11.9 Å². The molecule has 0 saturated heterocycles. The fourth-order valence-electron chi connectivity index (χ4n) is 1.76. The number of hydrogen-bond acceptors (Lipinski definition) is 3. The van der Waals surface area contributed by atoms with Gasteiger partial charge in [0.15, 0.2) is 0 Å². The Morgan fingerprint density at radius 2 is 2.05 bits per heavy atom. The van der Waals surface area contributed by atoms with E-state index in [1.54, 1.807) is 18.3 Å². The van der Waals surface area contributed by atoms with Gasteiger partial charge in [-0.1, -0.05) is 0 Å². The van der Waals surface area contributed by atoms with Gasteiger partial charge in [0.25, 0.3) is 0 Å². The lowest BCUT2D eigenvalue weighted by atomic mass is 10.3. The highest BCUT2D eigenvalue weighted by atomic mass is 19.1. The number of nitrogens with one attached hydrogen (secondary N) is 1. The molecule has 1 aromatic heterocycles. The molecule has 0 atom stereocenters. The van der Waals surface area contributed by atoms with Crippen molar-refractivity contribution in [3.05, 3.63) is 54.0 Å². The lowest BCUT2D eigenvalue weighted by Crippen LogP contribution is -2.13. The van der Waals surface area contributed by atoms with Crippen molar-refractivity contribution in [2.45, 2.75) is 19.8 Å². The van der Waals surface area contributed by atoms with Crippen LogP contribution in [0.5, 0.6) is 5.75 Å². The van der Waals surface area contributed by atoms with E-state index in [1.165, 1.54) is 12.1 Å². The fraction of sp³-hybridized carbons (Fsp3) is 0.250. The number of aryl methyl sites for hydroxylation is 1. The zero-order valence-electron chi connectivity index (χ0n) is 11.8. The van der Waals surface area contributed by atoms with Gasteiger partial charge in [0, 0.05) is 12.6 Å². The second-order valence-corrected chi connectivity index (χ2v) is 4.67. The summed E-state index contributed by atoms with van der Waals surface area (Å²) in [4.78, 5) is 15.8. The molecular weight excluding hydrogens is 271 g/mol. The third kappa shape index (κ3) is 5.22. The van der Waals surface area contributed by atoms with Crippen LogP contribution in [0.3, 0.4) is 0 Å². The minimum absolute atomic E-state index is 0.101. The van der Waals surface area contributed by atoms with Crippen LogP contribution < -0.4 is 10.1 Å². The Morgan fingerprint density at radius 1 is 1.29 bits per heavy atom. The van der Waals surface area contributed by atoms with Gasteiger partial charge in [-0.2, -0.15) is 0 Å². The molecule has 110 valence electrons. The number of hydrogen-bond donors (Lipinski definition) is 1. The van der Waals surface area contributed by atoms with Crippen LogP contribution in [-0.4, -0.2) is 17.5 Å². The highest BCUT2D eigenvalue weighted by molar-refractivity contribution is 5.89. The molecule has 2 rings (SSSR count). The molecule has 2 aromatic rings. The van der Waals surface area contributed by atoms with Crippen molar-refractivity contribution in [1.82, 2.24) is 4.98 Å². The standard InChI is InChI=1S/C16H17FN2O2/c1-12-8-9-18-15(11-12)19-16(20)3-2-10-21-14-6-4-13(17)5-7-14/h4-9,11H,2-3,10H2,1H3,(H,18,19,20). The third-order valence-electron chi connectivity index (χ3n) is 2.81. The topological polar surface area (TPSA) is 51.2 Å². The van der Waals surface area contributed by atoms with Gasteiger partial charge >= 0.3 is 0 Å². The smallest absolute Gasteiger partial charge is 0.225 e. The molecule has 0 aliphatic heterocycles. The van der Waals surface area contributed by atoms with Gasteiger partial charge in [-0.25, -0.2) is 9.37 Å². The van der Waals surface area contributed by atoms with Crippen molar-refractivity contribution in [1.29, 1.82) is 0 Å². The van der Waals surface area contributed by atoms with Gasteiger partial charge in [-0.15, -0.1) is 0 Å². The maximum Gasteiger partial charge on any atom is 0.225 e. The summed E-state index contributed by atoms with van der Waals surface area (Å²) in [7, 11) is 0. The number of rotatable bonds is 6. The van der Waals surface area contributed by atoms with Crippen molar-refractivity contribution >= 4 is 11.7 Å². The van der Waals surface area contributed by atoms with E-state index in [-0.39, 0.29) is 11.7 Å². The van der Waals surface area contributed by atoms with Gasteiger partial charge in [0.05, 0.1) is 6.61 Å². The molecule has 0 bridgehead atoms. The fourth-order valence-corrected chi connectivity index (χ4v) is 1.76. The predicted molar refractivity (Wildman–Crippen MR) is 78.7 cm³/mol. The average Bonchev–Trinajstić information content (AvgIpc) is 2.45. The summed E-state index contributed by atoms with van der Waals surface area (Å²) < 4.78 is 18.1. The first-order valence-corrected chi connectivity index (χ1v) is 6.74. The normalized spacial score (nSPS) is 10.2. The summed E-state index contributed by atoms with van der Waals surface area (Å²) in [6.07, 6.45) is 2.58. The molecule has 4 nitrogen and oxygen atoms in total. The van der Waals surface area contributed by atoms with Crippen LogP contribution in [0.15, 0.2) is 42.6 Å². The van der Waals surface area contributed by atoms with Crippen molar-refractivity contribution in [3.8, 4) is 5.75 Å². The van der Waals surface area contributed by atoms with E-state index < -0.39 is 0 Å². The van der Waals surface area contributed by atoms with E-state index in [0.717, 1.165) is 5.56 Å². The molecule has 21 heavy (non-hydrogen) atoms. The summed E-state index contributed by atoms with van der Waals surface area (Å²) >= 11 is 0. The Labute approximate surface area is 123 Å². The molecule has 1 aromatic carbocycles. The Hall–Kier alpha value is -2.43. The zero-order valence-corrected chi connectivity index (χ0v) is 11.8. The number of benzene rings is 1. The summed E-state index contributed by atoms with van der Waals surface area (Å²) in [5.74, 6) is 0.750. The lowest BCUT2D eigenvalue weighted by Gasteiger charge is -2.07. The molecule has 0 saturated carbocycles. The van der Waals surface area contributed by atoms with Crippen LogP contribution >= 0.6 is 0 Å². The quantitative estimate of drug-likeness (QED) is 0.829. The second kappa shape index (κ2) is 7.38. The number of aromatic nitrogens is 1. The first kappa shape index (κ1) is 15.0. The number of ether oxygens (including phenoxy) is 1. The number of pyridine rings is 1. The number of nitrogens with zero attached hydrogens (tertiary/aromatic N) is 1. The lowest BCUT2D eigenvalue weighted by molar-refractivity contribution is -0.116. The zero-order chi connectivity index (χ0) is 15.1. The number of anilines is 1. The van der Waals surface area contributed by atoms with Crippen LogP contribution in [0.4, 0.5) is 10.2 Å². The van der Waals surface area contributed by atoms with E-state index in [9.17, 15) is 9.18 Å². The molecule has 0 unspecified atom stereocenters. The second-order valence-electron chi connectivity index (χ2n) is 4.67. The van der Waals surface area contributed by atoms with E-state index in [2.05, 4.69) is 10.3 Å². The molecule has 0 fully saturated rings. The van der Waals surface area contributed by atoms with Gasteiger partial charge < -0.3 is 10.1 Å². The Kier molecular flexibility index (Phi) is 5.26. The summed E-state index contributed by atoms with van der Waals surface area (Å²) in [5.41, 5.74) is 1.04. The molecule has 0 aliphatic rings. The highest BCUT2D eigenvalue weighted by Gasteiger charge is 2.03. The van der Waals surface area contributed by atoms with Crippen molar-refractivity contribution in [2.24, 2.45) is 0 Å². The molecule has 1 N–H and O–H groups in total. The Morgan fingerprint density at radius 3 is 2.76 bits per heavy atom. The summed E-state index contributed by atoms with van der Waals surface area (Å²) in [6, 6.07) is 9.48. The van der Waals surface area contributed by atoms with Gasteiger partial charge in [0.2, 0.25) is 5.91 Å². The Balaban J connectivity index is 1.68. The van der Waals surface area contributed by atoms with Crippen LogP contribution in [0.2, 0.25) is 0 Å². The van der Waals surface area contributed by atoms with E-state index in [1.807, 2.05) is 19.1 Å². The highest BCUT2D eigenvalue weighted by Crippen LogP contribution is 2.12. The van der Waals surface area contributed by atoms with Crippen LogP contribution in [-0.2, 0) is 4.79 Å². The van der Waals surface area contributed by atoms with Crippen molar-refractivity contribution in [3.63, 3.8) is 0 Å². The number of halogens is 1. The minimum atomic E-state index is -0.299.